The van der Waals surface area contributed by atoms with Crippen molar-refractivity contribution in [1.29, 1.82) is 0 Å². The van der Waals surface area contributed by atoms with Crippen LogP contribution in [0.4, 0.5) is 11.8 Å². The molecule has 35 heavy (non-hydrogen) atoms. The van der Waals surface area contributed by atoms with Crippen LogP contribution in [0.3, 0.4) is 0 Å². The van der Waals surface area contributed by atoms with Crippen LogP contribution in [-0.4, -0.2) is 80.0 Å². The van der Waals surface area contributed by atoms with Crippen molar-refractivity contribution in [3.63, 3.8) is 0 Å². The Balaban J connectivity index is 1.48. The van der Waals surface area contributed by atoms with Crippen LogP contribution in [0.2, 0.25) is 0 Å². The van der Waals surface area contributed by atoms with E-state index in [0.717, 1.165) is 62.5 Å². The van der Waals surface area contributed by atoms with Gasteiger partial charge in [-0.1, -0.05) is 19.3 Å². The van der Waals surface area contributed by atoms with E-state index in [1.54, 1.807) is 0 Å². The summed E-state index contributed by atoms with van der Waals surface area (Å²) in [5.41, 5.74) is 1.76. The summed E-state index contributed by atoms with van der Waals surface area (Å²) in [4.78, 5) is 30.8. The van der Waals surface area contributed by atoms with Gasteiger partial charge in [0, 0.05) is 57.3 Å². The maximum Gasteiger partial charge on any atom is 0.226 e. The SMILES string of the molecule is CC(C)N(CCNc1nc(NCCCN2CCCC2=O)nc2c1ncn2C1CCCCC1)C(C)C. The summed E-state index contributed by atoms with van der Waals surface area (Å²) >= 11 is 0. The zero-order chi connectivity index (χ0) is 24.8. The molecule has 3 heterocycles. The van der Waals surface area contributed by atoms with Crippen LogP contribution < -0.4 is 10.6 Å². The number of likely N-dealkylation sites (tertiary alicyclic amines) is 1. The molecule has 1 aliphatic heterocycles. The van der Waals surface area contributed by atoms with Gasteiger partial charge in [-0.25, -0.2) is 4.98 Å². The fraction of sp³-hybridized carbons (Fsp3) is 0.769. The second-order valence-electron chi connectivity index (χ2n) is 10.6. The maximum atomic E-state index is 11.9. The molecule has 0 atom stereocenters. The molecule has 1 saturated heterocycles. The minimum absolute atomic E-state index is 0.280. The van der Waals surface area contributed by atoms with Crippen LogP contribution in [0, 0.1) is 0 Å². The van der Waals surface area contributed by atoms with E-state index in [1.807, 2.05) is 11.2 Å². The Bertz CT molecular complexity index is 958. The fourth-order valence-corrected chi connectivity index (χ4v) is 5.57. The summed E-state index contributed by atoms with van der Waals surface area (Å²) in [5, 5.41) is 6.98. The second-order valence-corrected chi connectivity index (χ2v) is 10.6. The average molecular weight is 485 g/mol. The van der Waals surface area contributed by atoms with Crippen LogP contribution >= 0.6 is 0 Å². The molecule has 4 rings (SSSR count). The molecule has 0 aromatic carbocycles. The first kappa shape index (κ1) is 25.7. The van der Waals surface area contributed by atoms with Crippen LogP contribution in [0.25, 0.3) is 11.2 Å². The highest BCUT2D eigenvalue weighted by molar-refractivity contribution is 5.84. The molecule has 0 spiro atoms. The number of nitrogens with zero attached hydrogens (tertiary/aromatic N) is 6. The third kappa shape index (κ3) is 6.42. The predicted molar refractivity (Wildman–Crippen MR) is 142 cm³/mol. The average Bonchev–Trinajstić information content (AvgIpc) is 3.45. The van der Waals surface area contributed by atoms with E-state index >= 15 is 0 Å². The topological polar surface area (TPSA) is 91.2 Å². The molecule has 2 aromatic rings. The standard InChI is InChI=1S/C26H44N8O/c1-19(2)33(20(3)4)17-14-27-24-23-25(34(18-29-23)21-10-6-5-7-11-21)31-26(30-24)28-13-9-16-32-15-8-12-22(32)35/h18-21H,5-17H2,1-4H3,(H2,27,28,30,31). The van der Waals surface area contributed by atoms with Crippen LogP contribution in [-0.2, 0) is 4.79 Å². The molecule has 9 heteroatoms. The van der Waals surface area contributed by atoms with Gasteiger partial charge in [0.25, 0.3) is 0 Å². The molecular weight excluding hydrogens is 440 g/mol. The Morgan fingerprint density at radius 2 is 1.80 bits per heavy atom. The summed E-state index contributed by atoms with van der Waals surface area (Å²) in [6, 6.07) is 1.45. The molecule has 0 unspecified atom stereocenters. The molecule has 0 radical (unpaired) electrons. The minimum Gasteiger partial charge on any atom is -0.367 e. The van der Waals surface area contributed by atoms with Gasteiger partial charge < -0.3 is 20.1 Å². The molecule has 1 amide bonds. The molecule has 2 aromatic heterocycles. The number of carbonyl (C=O) groups is 1. The number of hydrogen-bond acceptors (Lipinski definition) is 7. The number of imidazole rings is 1. The van der Waals surface area contributed by atoms with E-state index in [1.165, 1.54) is 32.1 Å². The summed E-state index contributed by atoms with van der Waals surface area (Å²) in [6.45, 7) is 13.1. The highest BCUT2D eigenvalue weighted by Gasteiger charge is 2.22. The summed E-state index contributed by atoms with van der Waals surface area (Å²) in [6.07, 6.45) is 10.7. The lowest BCUT2D eigenvalue weighted by molar-refractivity contribution is -0.127. The van der Waals surface area contributed by atoms with Crippen molar-refractivity contribution in [3.05, 3.63) is 6.33 Å². The van der Waals surface area contributed by atoms with Crippen LogP contribution in [0.15, 0.2) is 6.33 Å². The smallest absolute Gasteiger partial charge is 0.226 e. The quantitative estimate of drug-likeness (QED) is 0.434. The maximum absolute atomic E-state index is 11.9. The van der Waals surface area contributed by atoms with Crippen molar-refractivity contribution < 1.29 is 4.79 Å². The van der Waals surface area contributed by atoms with Gasteiger partial charge in [-0.2, -0.15) is 9.97 Å². The van der Waals surface area contributed by atoms with Gasteiger partial charge in [-0.05, 0) is 53.4 Å². The summed E-state index contributed by atoms with van der Waals surface area (Å²) < 4.78 is 2.27. The van der Waals surface area contributed by atoms with E-state index in [4.69, 9.17) is 15.0 Å². The largest absolute Gasteiger partial charge is 0.367 e. The van der Waals surface area contributed by atoms with Crippen molar-refractivity contribution in [2.45, 2.75) is 97.2 Å². The molecule has 2 N–H and O–H groups in total. The zero-order valence-corrected chi connectivity index (χ0v) is 22.1. The van der Waals surface area contributed by atoms with Crippen molar-refractivity contribution >= 4 is 28.8 Å². The first-order valence-electron chi connectivity index (χ1n) is 13.7. The van der Waals surface area contributed by atoms with Crippen LogP contribution in [0.5, 0.6) is 0 Å². The number of nitrogens with one attached hydrogen (secondary N) is 2. The van der Waals surface area contributed by atoms with E-state index in [2.05, 4.69) is 47.8 Å². The lowest BCUT2D eigenvalue weighted by atomic mass is 9.95. The van der Waals surface area contributed by atoms with Gasteiger partial charge in [0.1, 0.15) is 0 Å². The minimum atomic E-state index is 0.280. The van der Waals surface area contributed by atoms with Gasteiger partial charge >= 0.3 is 0 Å². The number of hydrogen-bond donors (Lipinski definition) is 2. The highest BCUT2D eigenvalue weighted by atomic mass is 16.2. The summed E-state index contributed by atoms with van der Waals surface area (Å²) in [5.74, 6) is 1.71. The normalized spacial score (nSPS) is 17.5. The van der Waals surface area contributed by atoms with Gasteiger partial charge in [0.05, 0.1) is 6.33 Å². The van der Waals surface area contributed by atoms with Crippen molar-refractivity contribution in [1.82, 2.24) is 29.3 Å². The predicted octanol–water partition coefficient (Wildman–Crippen LogP) is 4.29. The zero-order valence-electron chi connectivity index (χ0n) is 22.1. The van der Waals surface area contributed by atoms with Gasteiger partial charge in [-0.3, -0.25) is 9.69 Å². The Hall–Kier alpha value is -2.42. The lowest BCUT2D eigenvalue weighted by Gasteiger charge is -2.30. The monoisotopic (exact) mass is 484 g/mol. The van der Waals surface area contributed by atoms with E-state index in [0.29, 0.717) is 30.5 Å². The number of carbonyl (C=O) groups excluding carboxylic acids is 1. The first-order chi connectivity index (χ1) is 16.9. The number of fused-ring (bicyclic) bond motifs is 1. The van der Waals surface area contributed by atoms with E-state index in [-0.39, 0.29) is 5.91 Å². The number of rotatable bonds is 12. The Labute approximate surface area is 210 Å². The lowest BCUT2D eigenvalue weighted by Crippen LogP contribution is -2.40. The molecule has 2 aliphatic rings. The Kier molecular flexibility index (Phi) is 8.81. The van der Waals surface area contributed by atoms with Gasteiger partial charge in [-0.15, -0.1) is 0 Å². The fourth-order valence-electron chi connectivity index (χ4n) is 5.57. The second kappa shape index (κ2) is 12.0. The Morgan fingerprint density at radius 1 is 1.03 bits per heavy atom. The van der Waals surface area contributed by atoms with Gasteiger partial charge in [0.15, 0.2) is 17.0 Å². The summed E-state index contributed by atoms with van der Waals surface area (Å²) in [7, 11) is 0. The molecule has 194 valence electrons. The van der Waals surface area contributed by atoms with Gasteiger partial charge in [0.2, 0.25) is 11.9 Å². The van der Waals surface area contributed by atoms with Crippen molar-refractivity contribution in [3.8, 4) is 0 Å². The van der Waals surface area contributed by atoms with Crippen LogP contribution in [0.1, 0.15) is 85.1 Å². The molecule has 9 nitrogen and oxygen atoms in total. The molecule has 0 bridgehead atoms. The third-order valence-corrected chi connectivity index (χ3v) is 7.44. The van der Waals surface area contributed by atoms with Crippen molar-refractivity contribution in [2.75, 3.05) is 43.4 Å². The first-order valence-corrected chi connectivity index (χ1v) is 13.7. The third-order valence-electron chi connectivity index (χ3n) is 7.44. The van der Waals surface area contributed by atoms with E-state index in [9.17, 15) is 4.79 Å². The van der Waals surface area contributed by atoms with Crippen molar-refractivity contribution in [2.24, 2.45) is 0 Å². The number of anilines is 2. The molecule has 2 fully saturated rings. The molecular formula is C26H44N8O. The Morgan fingerprint density at radius 3 is 2.49 bits per heavy atom. The molecule has 1 aliphatic carbocycles. The highest BCUT2D eigenvalue weighted by Crippen LogP contribution is 2.32. The molecule has 1 saturated carbocycles. The van der Waals surface area contributed by atoms with E-state index < -0.39 is 0 Å². The number of amides is 1. The number of aromatic nitrogens is 4.